The van der Waals surface area contributed by atoms with E-state index in [0.29, 0.717) is 0 Å². The van der Waals surface area contributed by atoms with Gasteiger partial charge in [-0.1, -0.05) is 169 Å². The smallest absolute Gasteiger partial charge is 0.0701 e. The minimum Gasteiger partial charge on any atom is -0.115 e. The molecule has 0 saturated heterocycles. The molecule has 0 heteroatoms. The minimum atomic E-state index is -0.699. The largest absolute Gasteiger partial charge is 0.115 e. The molecule has 0 saturated carbocycles. The standard InChI is InChI=1S/C57H36/c1-5-41-9-17-45(18-10-41)49-25-33-53(34-26-49)57(54-35-27-50(28-36-54)46-19-11-42(6-2)12-20-46,55-37-29-51(30-38-55)47-21-13-43(7-3)14-22-47)56-39-31-52(32-40-56)48-23-15-44(8-4)16-24-48/h1-4,9-40H. The number of rotatable bonds is 8. The Kier molecular flexibility index (Phi) is 9.96. The normalized spacial score (nSPS) is 10.7. The lowest BCUT2D eigenvalue weighted by atomic mass is 9.64. The number of terminal acetylenes is 4. The third-order valence-electron chi connectivity index (χ3n) is 10.8. The Balaban J connectivity index is 1.32. The molecule has 0 unspecified atom stereocenters. The Morgan fingerprint density at radius 2 is 0.351 bits per heavy atom. The van der Waals surface area contributed by atoms with Gasteiger partial charge in [-0.3, -0.25) is 0 Å². The van der Waals surface area contributed by atoms with E-state index in [4.69, 9.17) is 25.7 Å². The summed E-state index contributed by atoms with van der Waals surface area (Å²) in [5.41, 5.74) is 16.1. The Hall–Kier alpha value is -8.00. The second kappa shape index (κ2) is 15.8. The van der Waals surface area contributed by atoms with Crippen molar-refractivity contribution in [1.29, 1.82) is 0 Å². The van der Waals surface area contributed by atoms with Gasteiger partial charge in [-0.25, -0.2) is 0 Å². The first-order valence-electron chi connectivity index (χ1n) is 18.7. The van der Waals surface area contributed by atoms with Gasteiger partial charge in [0.25, 0.3) is 0 Å². The van der Waals surface area contributed by atoms with Gasteiger partial charge >= 0.3 is 0 Å². The lowest BCUT2D eigenvalue weighted by molar-refractivity contribution is 0.745. The molecule has 57 heavy (non-hydrogen) atoms. The van der Waals surface area contributed by atoms with Crippen molar-refractivity contribution in [1.82, 2.24) is 0 Å². The number of hydrogen-bond donors (Lipinski definition) is 0. The lowest BCUT2D eigenvalue weighted by Gasteiger charge is -2.37. The molecule has 0 fully saturated rings. The summed E-state index contributed by atoms with van der Waals surface area (Å²) >= 11 is 0. The topological polar surface area (TPSA) is 0 Å². The van der Waals surface area contributed by atoms with Crippen molar-refractivity contribution >= 4 is 0 Å². The van der Waals surface area contributed by atoms with Crippen molar-refractivity contribution in [3.8, 4) is 93.9 Å². The second-order valence-corrected chi connectivity index (χ2v) is 13.9. The maximum atomic E-state index is 5.66. The van der Waals surface area contributed by atoms with Crippen LogP contribution in [0.3, 0.4) is 0 Å². The molecule has 8 aromatic rings. The second-order valence-electron chi connectivity index (χ2n) is 13.9. The highest BCUT2D eigenvalue weighted by Gasteiger charge is 2.38. The number of benzene rings is 8. The molecule has 0 aliphatic carbocycles. The van der Waals surface area contributed by atoms with Crippen LogP contribution in [0.5, 0.6) is 0 Å². The summed E-state index contributed by atoms with van der Waals surface area (Å²) in [5, 5.41) is 0. The van der Waals surface area contributed by atoms with Crippen LogP contribution < -0.4 is 0 Å². The molecule has 264 valence electrons. The Labute approximate surface area is 336 Å². The summed E-state index contributed by atoms with van der Waals surface area (Å²) in [6.45, 7) is 0. The summed E-state index contributed by atoms with van der Waals surface area (Å²) < 4.78 is 0. The number of hydrogen-bond acceptors (Lipinski definition) is 0. The Morgan fingerprint density at radius 1 is 0.211 bits per heavy atom. The van der Waals surface area contributed by atoms with E-state index in [2.05, 4.69) is 169 Å². The van der Waals surface area contributed by atoms with E-state index >= 15 is 0 Å². The summed E-state index contributed by atoms with van der Waals surface area (Å²) in [4.78, 5) is 0. The third-order valence-corrected chi connectivity index (χ3v) is 10.8. The highest BCUT2D eigenvalue weighted by atomic mass is 14.4. The average molecular weight is 721 g/mol. The monoisotopic (exact) mass is 720 g/mol. The van der Waals surface area contributed by atoms with Crippen LogP contribution in [-0.2, 0) is 5.41 Å². The third kappa shape index (κ3) is 7.05. The maximum Gasteiger partial charge on any atom is 0.0701 e. The van der Waals surface area contributed by atoms with Gasteiger partial charge in [-0.2, -0.15) is 0 Å². The zero-order valence-electron chi connectivity index (χ0n) is 31.3. The predicted octanol–water partition coefficient (Wildman–Crippen LogP) is 12.7. The molecule has 8 rings (SSSR count). The molecule has 0 amide bonds. The van der Waals surface area contributed by atoms with Crippen molar-refractivity contribution in [3.05, 3.63) is 239 Å². The molecule has 0 spiro atoms. The van der Waals surface area contributed by atoms with Crippen molar-refractivity contribution in [2.24, 2.45) is 0 Å². The summed E-state index contributed by atoms with van der Waals surface area (Å²) in [5.74, 6) is 10.9. The van der Waals surface area contributed by atoms with Crippen molar-refractivity contribution in [2.75, 3.05) is 0 Å². The Morgan fingerprint density at radius 3 is 0.491 bits per heavy atom. The molecule has 0 N–H and O–H groups in total. The first-order chi connectivity index (χ1) is 28.0. The molecular weight excluding hydrogens is 685 g/mol. The van der Waals surface area contributed by atoms with Gasteiger partial charge in [-0.15, -0.1) is 25.7 Å². The van der Waals surface area contributed by atoms with Crippen LogP contribution in [-0.4, -0.2) is 0 Å². The lowest BCUT2D eigenvalue weighted by Crippen LogP contribution is -2.31. The molecule has 8 aromatic carbocycles. The first-order valence-corrected chi connectivity index (χ1v) is 18.7. The summed E-state index contributed by atoms with van der Waals surface area (Å²) in [7, 11) is 0. The van der Waals surface area contributed by atoms with Crippen LogP contribution >= 0.6 is 0 Å². The van der Waals surface area contributed by atoms with E-state index in [0.717, 1.165) is 89.0 Å². The van der Waals surface area contributed by atoms with E-state index in [9.17, 15) is 0 Å². The van der Waals surface area contributed by atoms with Crippen LogP contribution in [0.25, 0.3) is 44.5 Å². The van der Waals surface area contributed by atoms with Gasteiger partial charge in [0.05, 0.1) is 5.41 Å². The van der Waals surface area contributed by atoms with Gasteiger partial charge in [-0.05, 0) is 115 Å². The molecule has 0 nitrogen and oxygen atoms in total. The zero-order valence-corrected chi connectivity index (χ0v) is 31.3. The predicted molar refractivity (Wildman–Crippen MR) is 238 cm³/mol. The Bertz CT molecular complexity index is 2410. The highest BCUT2D eigenvalue weighted by Crippen LogP contribution is 2.47. The van der Waals surface area contributed by atoms with Gasteiger partial charge in [0, 0.05) is 22.3 Å². The molecule has 0 radical (unpaired) electrons. The van der Waals surface area contributed by atoms with Gasteiger partial charge in [0.1, 0.15) is 0 Å². The molecule has 0 aliphatic heterocycles. The molecule has 0 bridgehead atoms. The quantitative estimate of drug-likeness (QED) is 0.108. The van der Waals surface area contributed by atoms with E-state index in [1.807, 2.05) is 48.5 Å². The SMILES string of the molecule is C#Cc1ccc(-c2ccc(C(c3ccc(-c4ccc(C#C)cc4)cc3)(c3ccc(-c4ccc(C#C)cc4)cc3)c3ccc(-c4ccc(C#C)cc4)cc3)cc2)cc1. The highest BCUT2D eigenvalue weighted by molar-refractivity contribution is 5.73. The average Bonchev–Trinajstić information content (AvgIpc) is 3.30. The van der Waals surface area contributed by atoms with Crippen LogP contribution in [0.4, 0.5) is 0 Å². The maximum absolute atomic E-state index is 5.66. The van der Waals surface area contributed by atoms with E-state index in [1.165, 1.54) is 0 Å². The van der Waals surface area contributed by atoms with Crippen LogP contribution in [0, 0.1) is 49.4 Å². The van der Waals surface area contributed by atoms with E-state index in [-0.39, 0.29) is 0 Å². The molecule has 0 aromatic heterocycles. The fraction of sp³-hybridized carbons (Fsp3) is 0.0175. The summed E-state index contributed by atoms with van der Waals surface area (Å²) in [6, 6.07) is 68.2. The van der Waals surface area contributed by atoms with Gasteiger partial charge in [0.2, 0.25) is 0 Å². The molecule has 0 atom stereocenters. The fourth-order valence-corrected chi connectivity index (χ4v) is 7.69. The van der Waals surface area contributed by atoms with Gasteiger partial charge < -0.3 is 0 Å². The molecule has 0 heterocycles. The van der Waals surface area contributed by atoms with E-state index in [1.54, 1.807) is 0 Å². The molecular formula is C57H36. The van der Waals surface area contributed by atoms with Crippen LogP contribution in [0.1, 0.15) is 44.5 Å². The zero-order chi connectivity index (χ0) is 39.2. The summed E-state index contributed by atoms with van der Waals surface area (Å²) in [6.07, 6.45) is 22.7. The molecule has 0 aliphatic rings. The first kappa shape index (κ1) is 36.0. The minimum absolute atomic E-state index is 0.699. The van der Waals surface area contributed by atoms with Gasteiger partial charge in [0.15, 0.2) is 0 Å². The van der Waals surface area contributed by atoms with Crippen LogP contribution in [0.2, 0.25) is 0 Å². The van der Waals surface area contributed by atoms with E-state index < -0.39 is 5.41 Å². The fourth-order valence-electron chi connectivity index (χ4n) is 7.69. The van der Waals surface area contributed by atoms with Crippen molar-refractivity contribution < 1.29 is 0 Å². The van der Waals surface area contributed by atoms with Crippen molar-refractivity contribution in [2.45, 2.75) is 5.41 Å². The van der Waals surface area contributed by atoms with Crippen LogP contribution in [0.15, 0.2) is 194 Å². The van der Waals surface area contributed by atoms with Crippen molar-refractivity contribution in [3.63, 3.8) is 0 Å².